The Hall–Kier alpha value is -1.77. The Balaban J connectivity index is 2.58. The van der Waals surface area contributed by atoms with Crippen molar-refractivity contribution >= 4 is 16.9 Å². The lowest BCUT2D eigenvalue weighted by atomic mass is 9.85. The van der Waals surface area contributed by atoms with Crippen LogP contribution in [0.3, 0.4) is 0 Å². The van der Waals surface area contributed by atoms with Crippen molar-refractivity contribution in [2.24, 2.45) is 13.0 Å². The van der Waals surface area contributed by atoms with Crippen LogP contribution in [-0.4, -0.2) is 15.6 Å². The summed E-state index contributed by atoms with van der Waals surface area (Å²) in [4.78, 5) is 11.1. The van der Waals surface area contributed by atoms with E-state index in [1.807, 2.05) is 7.05 Å². The Morgan fingerprint density at radius 2 is 2.05 bits per heavy atom. The molecule has 108 valence electrons. The normalized spacial score (nSPS) is 13.1. The van der Waals surface area contributed by atoms with Gasteiger partial charge in [-0.05, 0) is 41.5 Å². The fourth-order valence-corrected chi connectivity index (χ4v) is 2.88. The third-order valence-corrected chi connectivity index (χ3v) is 4.09. The minimum Gasteiger partial charge on any atom is -0.481 e. The first-order valence-corrected chi connectivity index (χ1v) is 7.23. The number of carboxylic acid groups (broad SMARTS) is 1. The molecule has 1 atom stereocenters. The number of hydrogen-bond donors (Lipinski definition) is 1. The number of carboxylic acids is 1. The van der Waals surface area contributed by atoms with Crippen molar-refractivity contribution in [1.82, 2.24) is 4.57 Å². The Morgan fingerprint density at radius 1 is 1.35 bits per heavy atom. The molecule has 0 aliphatic carbocycles. The maximum Gasteiger partial charge on any atom is 0.303 e. The Bertz CT molecular complexity index is 625. The predicted molar refractivity (Wildman–Crippen MR) is 82.1 cm³/mol. The van der Waals surface area contributed by atoms with Gasteiger partial charge in [-0.15, -0.1) is 0 Å². The summed E-state index contributed by atoms with van der Waals surface area (Å²) in [5.74, 6) is -0.363. The molecule has 1 aromatic carbocycles. The molecule has 1 aromatic heterocycles. The van der Waals surface area contributed by atoms with Crippen LogP contribution in [0.5, 0.6) is 0 Å². The molecule has 3 nitrogen and oxygen atoms in total. The van der Waals surface area contributed by atoms with Crippen LogP contribution in [-0.2, 0) is 18.3 Å². The smallest absolute Gasteiger partial charge is 0.303 e. The van der Waals surface area contributed by atoms with Gasteiger partial charge < -0.3 is 9.67 Å². The van der Waals surface area contributed by atoms with Crippen molar-refractivity contribution in [2.75, 3.05) is 0 Å². The molecular formula is C17H23NO2. The van der Waals surface area contributed by atoms with Gasteiger partial charge in [-0.25, -0.2) is 0 Å². The van der Waals surface area contributed by atoms with Gasteiger partial charge in [0.1, 0.15) is 0 Å². The van der Waals surface area contributed by atoms with Gasteiger partial charge in [-0.1, -0.05) is 26.8 Å². The van der Waals surface area contributed by atoms with Crippen LogP contribution >= 0.6 is 0 Å². The number of benzene rings is 1. The molecule has 2 rings (SSSR count). The van der Waals surface area contributed by atoms with Crippen molar-refractivity contribution in [2.45, 2.75) is 39.5 Å². The van der Waals surface area contributed by atoms with Gasteiger partial charge >= 0.3 is 5.97 Å². The van der Waals surface area contributed by atoms with E-state index in [0.717, 1.165) is 12.0 Å². The second-order valence-electron chi connectivity index (χ2n) is 5.85. The highest BCUT2D eigenvalue weighted by molar-refractivity contribution is 5.86. The van der Waals surface area contributed by atoms with Crippen molar-refractivity contribution in [1.29, 1.82) is 0 Å². The molecule has 0 radical (unpaired) electrons. The summed E-state index contributed by atoms with van der Waals surface area (Å²) in [6, 6.07) is 6.49. The summed E-state index contributed by atoms with van der Waals surface area (Å²) < 4.78 is 2.10. The monoisotopic (exact) mass is 273 g/mol. The number of aromatic nitrogens is 1. The molecule has 1 unspecified atom stereocenters. The molecule has 0 aliphatic heterocycles. The molecule has 20 heavy (non-hydrogen) atoms. The maximum absolute atomic E-state index is 11.1. The van der Waals surface area contributed by atoms with E-state index in [0.29, 0.717) is 5.92 Å². The van der Waals surface area contributed by atoms with Gasteiger partial charge in [0, 0.05) is 24.1 Å². The molecule has 2 aromatic rings. The first-order valence-electron chi connectivity index (χ1n) is 7.23. The quantitative estimate of drug-likeness (QED) is 0.896. The predicted octanol–water partition coefficient (Wildman–Crippen LogP) is 3.96. The molecule has 0 amide bonds. The van der Waals surface area contributed by atoms with Gasteiger partial charge in [-0.2, -0.15) is 0 Å². The van der Waals surface area contributed by atoms with Gasteiger partial charge in [0.05, 0.1) is 6.42 Å². The lowest BCUT2D eigenvalue weighted by Crippen LogP contribution is -2.12. The van der Waals surface area contributed by atoms with E-state index in [-0.39, 0.29) is 12.3 Å². The SMILES string of the molecule is CCc1ccc2c(c1)c(C(CC(=O)O)C(C)C)cn2C. The van der Waals surface area contributed by atoms with E-state index in [2.05, 4.69) is 49.7 Å². The summed E-state index contributed by atoms with van der Waals surface area (Å²) >= 11 is 0. The molecule has 1 N–H and O–H groups in total. The average Bonchev–Trinajstić information content (AvgIpc) is 2.72. The molecule has 0 bridgehead atoms. The molecular weight excluding hydrogens is 250 g/mol. The topological polar surface area (TPSA) is 42.2 Å². The van der Waals surface area contributed by atoms with Crippen LogP contribution in [0.2, 0.25) is 0 Å². The van der Waals surface area contributed by atoms with Crippen molar-refractivity contribution in [3.63, 3.8) is 0 Å². The number of nitrogens with zero attached hydrogens (tertiary/aromatic N) is 1. The number of aliphatic carboxylic acids is 1. The Morgan fingerprint density at radius 3 is 2.60 bits per heavy atom. The standard InChI is InChI=1S/C17H23NO2/c1-5-12-6-7-16-14(8-12)15(10-18(16)4)13(11(2)3)9-17(19)20/h6-8,10-11,13H,5,9H2,1-4H3,(H,19,20). The molecule has 0 aliphatic rings. The Labute approximate surface area is 120 Å². The number of aryl methyl sites for hydroxylation is 2. The lowest BCUT2D eigenvalue weighted by molar-refractivity contribution is -0.137. The van der Waals surface area contributed by atoms with Crippen LogP contribution in [0.15, 0.2) is 24.4 Å². The van der Waals surface area contributed by atoms with E-state index >= 15 is 0 Å². The minimum absolute atomic E-state index is 0.0586. The second kappa shape index (κ2) is 5.70. The van der Waals surface area contributed by atoms with Gasteiger partial charge in [0.2, 0.25) is 0 Å². The minimum atomic E-state index is -0.729. The average molecular weight is 273 g/mol. The van der Waals surface area contributed by atoms with E-state index in [4.69, 9.17) is 5.11 Å². The van der Waals surface area contributed by atoms with Crippen LogP contribution in [0, 0.1) is 5.92 Å². The lowest BCUT2D eigenvalue weighted by Gasteiger charge is -2.18. The largest absolute Gasteiger partial charge is 0.481 e. The maximum atomic E-state index is 11.1. The Kier molecular flexibility index (Phi) is 4.17. The van der Waals surface area contributed by atoms with Gasteiger partial charge in [-0.3, -0.25) is 4.79 Å². The van der Waals surface area contributed by atoms with Gasteiger partial charge in [0.15, 0.2) is 0 Å². The van der Waals surface area contributed by atoms with E-state index in [1.165, 1.54) is 16.5 Å². The summed E-state index contributed by atoms with van der Waals surface area (Å²) in [6.07, 6.45) is 3.28. The first-order chi connectivity index (χ1) is 9.43. The fraction of sp³-hybridized carbons (Fsp3) is 0.471. The number of rotatable bonds is 5. The van der Waals surface area contributed by atoms with Crippen LogP contribution < -0.4 is 0 Å². The summed E-state index contributed by atoms with van der Waals surface area (Å²) in [5.41, 5.74) is 3.63. The third-order valence-electron chi connectivity index (χ3n) is 4.09. The number of hydrogen-bond acceptors (Lipinski definition) is 1. The van der Waals surface area contributed by atoms with Crippen LogP contribution in [0.25, 0.3) is 10.9 Å². The molecule has 0 fully saturated rings. The van der Waals surface area contributed by atoms with E-state index < -0.39 is 5.97 Å². The molecule has 0 spiro atoms. The molecule has 3 heteroatoms. The highest BCUT2D eigenvalue weighted by atomic mass is 16.4. The fourth-order valence-electron chi connectivity index (χ4n) is 2.88. The van der Waals surface area contributed by atoms with Crippen molar-refractivity contribution in [3.05, 3.63) is 35.5 Å². The number of carbonyl (C=O) groups is 1. The summed E-state index contributed by atoms with van der Waals surface area (Å²) in [6.45, 7) is 6.33. The number of fused-ring (bicyclic) bond motifs is 1. The highest BCUT2D eigenvalue weighted by Gasteiger charge is 2.23. The zero-order chi connectivity index (χ0) is 14.9. The highest BCUT2D eigenvalue weighted by Crippen LogP contribution is 2.34. The summed E-state index contributed by atoms with van der Waals surface area (Å²) in [7, 11) is 2.02. The van der Waals surface area contributed by atoms with Crippen molar-refractivity contribution in [3.8, 4) is 0 Å². The van der Waals surface area contributed by atoms with Crippen LogP contribution in [0.1, 0.15) is 44.2 Å². The first kappa shape index (κ1) is 14.6. The van der Waals surface area contributed by atoms with Crippen molar-refractivity contribution < 1.29 is 9.90 Å². The van der Waals surface area contributed by atoms with E-state index in [9.17, 15) is 4.79 Å². The molecule has 1 heterocycles. The van der Waals surface area contributed by atoms with Gasteiger partial charge in [0.25, 0.3) is 0 Å². The zero-order valence-electron chi connectivity index (χ0n) is 12.7. The van der Waals surface area contributed by atoms with Crippen LogP contribution in [0.4, 0.5) is 0 Å². The zero-order valence-corrected chi connectivity index (χ0v) is 12.7. The second-order valence-corrected chi connectivity index (χ2v) is 5.85. The third kappa shape index (κ3) is 2.72. The summed E-state index contributed by atoms with van der Waals surface area (Å²) in [5, 5.41) is 10.4. The molecule has 0 saturated carbocycles. The van der Waals surface area contributed by atoms with E-state index in [1.54, 1.807) is 0 Å². The molecule has 0 saturated heterocycles.